The Bertz CT molecular complexity index is 1240. The number of carbonyl (C=O) groups excluding carboxylic acids is 2. The first-order valence-electron chi connectivity index (χ1n) is 11.0. The molecule has 3 heterocycles. The molecule has 1 aliphatic carbocycles. The molecule has 0 bridgehead atoms. The number of aryl methyl sites for hydroxylation is 1. The molecule has 5 rings (SSSR count). The lowest BCUT2D eigenvalue weighted by Crippen LogP contribution is -2.45. The van der Waals surface area contributed by atoms with Crippen molar-refractivity contribution in [1.29, 1.82) is 0 Å². The van der Waals surface area contributed by atoms with Gasteiger partial charge in [0.05, 0.1) is 16.9 Å². The molecule has 0 amide bonds. The summed E-state index contributed by atoms with van der Waals surface area (Å²) in [5, 5.41) is 15.4. The highest BCUT2D eigenvalue weighted by molar-refractivity contribution is 5.93. The first kappa shape index (κ1) is 23.1. The predicted octanol–water partition coefficient (Wildman–Crippen LogP) is 2.90. The highest BCUT2D eigenvalue weighted by atomic mass is 19.1. The molecule has 0 radical (unpaired) electrons. The van der Waals surface area contributed by atoms with E-state index in [0.29, 0.717) is 34.6 Å². The summed E-state index contributed by atoms with van der Waals surface area (Å²) in [6, 6.07) is 1.34. The molecule has 2 unspecified atom stereocenters. The van der Waals surface area contributed by atoms with Crippen LogP contribution in [0.1, 0.15) is 60.7 Å². The molecule has 0 spiro atoms. The molecule has 33 heavy (non-hydrogen) atoms. The minimum atomic E-state index is -1.70. The van der Waals surface area contributed by atoms with Crippen molar-refractivity contribution in [2.75, 3.05) is 6.61 Å². The average molecular weight is 454 g/mol. The maximum Gasteiger partial charge on any atom is 0.343 e. The Morgan fingerprint density at radius 3 is 2.82 bits per heavy atom. The summed E-state index contributed by atoms with van der Waals surface area (Å²) >= 11 is 0. The minimum absolute atomic E-state index is 0.141. The first-order chi connectivity index (χ1) is 15.8. The second-order valence-electron chi connectivity index (χ2n) is 8.75. The number of rotatable bonds is 2. The van der Waals surface area contributed by atoms with Crippen molar-refractivity contribution in [2.45, 2.75) is 58.2 Å². The number of aromatic nitrogens is 1. The molecule has 174 valence electrons. The summed E-state index contributed by atoms with van der Waals surface area (Å²) in [7, 11) is 0. The van der Waals surface area contributed by atoms with Crippen LogP contribution in [0.5, 0.6) is 0 Å². The van der Waals surface area contributed by atoms with E-state index in [0.717, 1.165) is 40.5 Å². The van der Waals surface area contributed by atoms with Gasteiger partial charge in [-0.25, -0.2) is 14.2 Å². The lowest BCUT2D eigenvalue weighted by Gasteiger charge is -2.32. The van der Waals surface area contributed by atoms with Crippen molar-refractivity contribution in [1.82, 2.24) is 10.3 Å². The second-order valence-corrected chi connectivity index (χ2v) is 8.75. The minimum Gasteiger partial charge on any atom is -0.459 e. The van der Waals surface area contributed by atoms with Crippen molar-refractivity contribution in [2.24, 2.45) is 5.73 Å². The van der Waals surface area contributed by atoms with Gasteiger partial charge in [0, 0.05) is 29.6 Å². The van der Waals surface area contributed by atoms with E-state index in [1.165, 1.54) is 6.07 Å². The van der Waals surface area contributed by atoms with Gasteiger partial charge in [0.2, 0.25) is 0 Å². The fourth-order valence-electron chi connectivity index (χ4n) is 5.15. The smallest absolute Gasteiger partial charge is 0.343 e. The molecule has 0 saturated carbocycles. The van der Waals surface area contributed by atoms with E-state index in [4.69, 9.17) is 20.2 Å². The maximum atomic E-state index is 14.6. The van der Waals surface area contributed by atoms with Crippen LogP contribution >= 0.6 is 0 Å². The number of aliphatic hydroxyl groups is 1. The number of nitrogens with zero attached hydrogens (tertiary/aromatic N) is 1. The summed E-state index contributed by atoms with van der Waals surface area (Å²) in [5.74, 6) is -0.904. The van der Waals surface area contributed by atoms with Crippen LogP contribution in [0.2, 0.25) is 0 Å². The fourth-order valence-corrected chi connectivity index (χ4v) is 5.15. The van der Waals surface area contributed by atoms with Crippen molar-refractivity contribution in [3.05, 3.63) is 57.1 Å². The molecule has 8 heteroatoms. The van der Waals surface area contributed by atoms with Crippen LogP contribution in [0, 0.1) is 12.7 Å². The number of nitrogens with one attached hydrogen (secondary N) is 1. The van der Waals surface area contributed by atoms with E-state index in [1.54, 1.807) is 13.0 Å². The number of pyridine rings is 1. The molecule has 1 aromatic carbocycles. The number of hydrogen-bond acceptors (Lipinski definition) is 7. The van der Waals surface area contributed by atoms with E-state index in [9.17, 15) is 14.3 Å². The van der Waals surface area contributed by atoms with Gasteiger partial charge in [0.1, 0.15) is 19.2 Å². The second kappa shape index (κ2) is 8.35. The van der Waals surface area contributed by atoms with Crippen molar-refractivity contribution >= 4 is 29.4 Å². The third-order valence-electron chi connectivity index (χ3n) is 6.99. The van der Waals surface area contributed by atoms with Gasteiger partial charge in [-0.1, -0.05) is 6.92 Å². The molecular formula is C25H28FN3O4. The van der Waals surface area contributed by atoms with Gasteiger partial charge < -0.3 is 25.7 Å². The van der Waals surface area contributed by atoms with Gasteiger partial charge >= 0.3 is 5.97 Å². The highest BCUT2D eigenvalue weighted by Gasteiger charge is 2.43. The molecule has 3 aliphatic rings. The molecule has 4 N–H and O–H groups in total. The Balaban J connectivity index is 0.00000126. The van der Waals surface area contributed by atoms with E-state index >= 15 is 0 Å². The number of esters is 1. The van der Waals surface area contributed by atoms with E-state index < -0.39 is 11.6 Å². The molecule has 0 fully saturated rings. The van der Waals surface area contributed by atoms with Gasteiger partial charge in [-0.3, -0.25) is 0 Å². The molecule has 2 aromatic rings. The molecular weight excluding hydrogens is 425 g/mol. The number of nitrogens with two attached hydrogens (primary N) is 1. The SMILES string of the molecule is C=O.CCC1(O)C(=O)OCC(C)=C1/C=C1\NCc2c1nc1cc(F)c(C)c3c1c2C(N)CC3. The zero-order chi connectivity index (χ0) is 24.1. The zero-order valence-corrected chi connectivity index (χ0v) is 19.0. The van der Waals surface area contributed by atoms with Gasteiger partial charge in [0.15, 0.2) is 5.60 Å². The summed E-state index contributed by atoms with van der Waals surface area (Å²) in [5.41, 5.74) is 11.8. The number of ether oxygens (including phenoxy) is 1. The van der Waals surface area contributed by atoms with Gasteiger partial charge in [0.25, 0.3) is 0 Å². The Hall–Kier alpha value is -3.10. The number of fused-ring (bicyclic) bond motifs is 2. The van der Waals surface area contributed by atoms with Gasteiger partial charge in [-0.2, -0.15) is 0 Å². The Labute approximate surface area is 191 Å². The Kier molecular flexibility index (Phi) is 5.84. The maximum absolute atomic E-state index is 14.6. The van der Waals surface area contributed by atoms with E-state index in [2.05, 4.69) is 5.32 Å². The molecule has 1 aromatic heterocycles. The van der Waals surface area contributed by atoms with Crippen LogP contribution in [-0.2, 0) is 27.3 Å². The number of cyclic esters (lactones) is 1. The molecule has 2 atom stereocenters. The number of hydrogen-bond donors (Lipinski definition) is 3. The topological polar surface area (TPSA) is 115 Å². The van der Waals surface area contributed by atoms with E-state index in [1.807, 2.05) is 20.6 Å². The van der Waals surface area contributed by atoms with Crippen LogP contribution in [0.25, 0.3) is 16.6 Å². The van der Waals surface area contributed by atoms with Crippen molar-refractivity contribution in [3.63, 3.8) is 0 Å². The van der Waals surface area contributed by atoms with Crippen LogP contribution in [0.4, 0.5) is 4.39 Å². The average Bonchev–Trinajstić information content (AvgIpc) is 3.22. The van der Waals surface area contributed by atoms with Crippen molar-refractivity contribution in [3.8, 4) is 0 Å². The monoisotopic (exact) mass is 453 g/mol. The summed E-state index contributed by atoms with van der Waals surface area (Å²) in [6.45, 7) is 8.08. The molecule has 0 saturated heterocycles. The third kappa shape index (κ3) is 3.36. The quantitative estimate of drug-likeness (QED) is 0.599. The summed E-state index contributed by atoms with van der Waals surface area (Å²) in [4.78, 5) is 25.1. The molecule has 7 nitrogen and oxygen atoms in total. The van der Waals surface area contributed by atoms with Gasteiger partial charge in [-0.05, 0) is 67.0 Å². The normalized spacial score (nSPS) is 24.8. The molecule has 2 aliphatic heterocycles. The Morgan fingerprint density at radius 1 is 1.39 bits per heavy atom. The lowest BCUT2D eigenvalue weighted by atomic mass is 9.82. The Morgan fingerprint density at radius 2 is 2.12 bits per heavy atom. The highest BCUT2D eigenvalue weighted by Crippen LogP contribution is 2.42. The standard InChI is InChI=1S/C24H26FN3O3.CH2O/c1-4-24(30)15(11(2)10-31-23(24)29)7-19-22-14(9-27-19)20-17(26)6-5-13-12(3)16(25)8-18(28-22)21(13)20;1-2/h7-8,17,27,30H,4-6,9-10,26H2,1-3H3;1H2/b19-7-;. The fraction of sp³-hybridized carbons (Fsp3) is 0.400. The predicted molar refractivity (Wildman–Crippen MR) is 123 cm³/mol. The van der Waals surface area contributed by atoms with E-state index in [-0.39, 0.29) is 24.9 Å². The summed E-state index contributed by atoms with van der Waals surface area (Å²) in [6.07, 6.45) is 3.48. The number of halogens is 1. The van der Waals surface area contributed by atoms with Gasteiger partial charge in [-0.15, -0.1) is 0 Å². The number of benzene rings is 1. The van der Waals surface area contributed by atoms with Crippen LogP contribution in [-0.4, -0.2) is 35.1 Å². The largest absolute Gasteiger partial charge is 0.459 e. The first-order valence-corrected chi connectivity index (χ1v) is 11.0. The van der Waals surface area contributed by atoms with Crippen LogP contribution in [0.15, 0.2) is 23.3 Å². The van der Waals surface area contributed by atoms with Crippen molar-refractivity contribution < 1.29 is 23.8 Å². The zero-order valence-electron chi connectivity index (χ0n) is 19.0. The van der Waals surface area contributed by atoms with Crippen LogP contribution < -0.4 is 11.1 Å². The lowest BCUT2D eigenvalue weighted by molar-refractivity contribution is -0.162. The number of carbonyl (C=O) groups is 2. The third-order valence-corrected chi connectivity index (χ3v) is 6.99. The van der Waals surface area contributed by atoms with Crippen LogP contribution in [0.3, 0.4) is 0 Å². The summed E-state index contributed by atoms with van der Waals surface area (Å²) < 4.78 is 19.8.